The molecule has 2 N–H and O–H groups in total. The van der Waals surface area contributed by atoms with Gasteiger partial charge in [-0.05, 0) is 57.9 Å². The minimum Gasteiger partial charge on any atom is -0.388 e. The van der Waals surface area contributed by atoms with Crippen LogP contribution in [-0.4, -0.2) is 59.3 Å². The molecule has 4 rings (SSSR count). The quantitative estimate of drug-likeness (QED) is 0.473. The molecule has 2 aliphatic carbocycles. The lowest BCUT2D eigenvalue weighted by molar-refractivity contribution is 0.0266. The van der Waals surface area contributed by atoms with Gasteiger partial charge in [-0.15, -0.1) is 5.54 Å². The highest BCUT2D eigenvalue weighted by molar-refractivity contribution is 7.91. The summed E-state index contributed by atoms with van der Waals surface area (Å²) in [6, 6.07) is 1.44. The van der Waals surface area contributed by atoms with Gasteiger partial charge in [0.25, 0.3) is 5.56 Å². The van der Waals surface area contributed by atoms with E-state index in [1.54, 1.807) is 23.8 Å². The van der Waals surface area contributed by atoms with Crippen LogP contribution in [0.4, 0.5) is 5.95 Å². The van der Waals surface area contributed by atoms with Gasteiger partial charge in [0.15, 0.2) is 0 Å². The van der Waals surface area contributed by atoms with E-state index in [1.165, 1.54) is 6.26 Å². The van der Waals surface area contributed by atoms with E-state index in [0.29, 0.717) is 61.1 Å². The molecule has 0 spiro atoms. The Hall–Kier alpha value is -2.22. The summed E-state index contributed by atoms with van der Waals surface area (Å²) in [7, 11) is -4.73. The van der Waals surface area contributed by atoms with E-state index in [2.05, 4.69) is 41.4 Å². The van der Waals surface area contributed by atoms with E-state index < -0.39 is 23.5 Å². The minimum absolute atomic E-state index is 0.0714. The highest BCUT2D eigenvalue weighted by Crippen LogP contribution is 2.39. The third-order valence-electron chi connectivity index (χ3n) is 7.15. The summed E-state index contributed by atoms with van der Waals surface area (Å²) >= 11 is 0. The molecule has 2 fully saturated rings. The number of sulfone groups is 1. The van der Waals surface area contributed by atoms with Crippen LogP contribution in [0.5, 0.6) is 0 Å². The van der Waals surface area contributed by atoms with Crippen molar-refractivity contribution in [2.45, 2.75) is 94.4 Å². The number of rotatable bonds is 4. The zero-order valence-electron chi connectivity index (χ0n) is 21.3. The average Bonchev–Trinajstić information content (AvgIpc) is 3.10. The minimum atomic E-state index is -3.03. The summed E-state index contributed by atoms with van der Waals surface area (Å²) in [4.78, 5) is 22.9. The van der Waals surface area contributed by atoms with Crippen LogP contribution in [0.15, 0.2) is 17.1 Å². The van der Waals surface area contributed by atoms with Crippen LogP contribution < -0.4 is 10.9 Å². The van der Waals surface area contributed by atoms with Crippen molar-refractivity contribution in [1.29, 1.82) is 0 Å². The first-order valence-corrected chi connectivity index (χ1v) is 17.8. The molecule has 2 aromatic heterocycles. The van der Waals surface area contributed by atoms with E-state index in [0.717, 1.165) is 6.42 Å². The summed E-state index contributed by atoms with van der Waals surface area (Å²) in [5.41, 5.74) is 2.94. The number of nitrogens with zero attached hydrogens (tertiary/aromatic N) is 3. The van der Waals surface area contributed by atoms with E-state index in [9.17, 15) is 18.3 Å². The van der Waals surface area contributed by atoms with Gasteiger partial charge in [-0.3, -0.25) is 9.36 Å². The van der Waals surface area contributed by atoms with Gasteiger partial charge in [0.1, 0.15) is 23.6 Å². The van der Waals surface area contributed by atoms with Crippen molar-refractivity contribution in [2.75, 3.05) is 11.6 Å². The number of anilines is 1. The van der Waals surface area contributed by atoms with E-state index in [4.69, 9.17) is 4.98 Å². The smallest absolute Gasteiger partial charge is 0.268 e. The Bertz CT molecular complexity index is 1340. The Kier molecular flexibility index (Phi) is 6.90. The Balaban J connectivity index is 1.73. The van der Waals surface area contributed by atoms with Crippen LogP contribution in [0, 0.1) is 11.5 Å². The number of hydrogen-bond acceptors (Lipinski definition) is 7. The van der Waals surface area contributed by atoms with Gasteiger partial charge in [0, 0.05) is 23.9 Å². The number of hydrogen-bond donors (Lipinski definition) is 2. The molecule has 2 heterocycles. The Morgan fingerprint density at radius 3 is 2.46 bits per heavy atom. The number of aromatic nitrogens is 3. The van der Waals surface area contributed by atoms with Gasteiger partial charge in [-0.25, -0.2) is 13.4 Å². The fourth-order valence-corrected chi connectivity index (χ4v) is 6.82. The van der Waals surface area contributed by atoms with E-state index >= 15 is 0 Å². The summed E-state index contributed by atoms with van der Waals surface area (Å²) in [6.45, 7) is 8.17. The highest BCUT2D eigenvalue weighted by Gasteiger charge is 2.40. The second-order valence-corrected chi connectivity index (χ2v) is 18.5. The SMILES string of the molecule is C[C@@]1(O)CCC[C@H]1n1c(=O)c(C#C[Si](C)(C)C)cc2cnc(NC3CCC(S(C)(=O)=O)CC3)nc21. The number of aliphatic hydroxyl groups is 1. The maximum Gasteiger partial charge on any atom is 0.268 e. The van der Waals surface area contributed by atoms with Crippen molar-refractivity contribution >= 4 is 34.9 Å². The highest BCUT2D eigenvalue weighted by atomic mass is 32.2. The molecule has 0 aliphatic heterocycles. The molecule has 35 heavy (non-hydrogen) atoms. The number of fused-ring (bicyclic) bond motifs is 1. The second-order valence-electron chi connectivity index (χ2n) is 11.4. The molecule has 0 amide bonds. The van der Waals surface area contributed by atoms with Crippen LogP contribution in [0.3, 0.4) is 0 Å². The van der Waals surface area contributed by atoms with Gasteiger partial charge in [0.2, 0.25) is 5.95 Å². The monoisotopic (exact) mass is 516 g/mol. The van der Waals surface area contributed by atoms with Crippen molar-refractivity contribution in [3.05, 3.63) is 28.2 Å². The lowest BCUT2D eigenvalue weighted by atomic mass is 9.95. The molecule has 2 aliphatic rings. The van der Waals surface area contributed by atoms with Gasteiger partial charge in [-0.1, -0.05) is 25.6 Å². The predicted octanol–water partition coefficient (Wildman–Crippen LogP) is 3.26. The Labute approximate surface area is 208 Å². The molecule has 2 atom stereocenters. The summed E-state index contributed by atoms with van der Waals surface area (Å²) < 4.78 is 25.4. The van der Waals surface area contributed by atoms with Crippen LogP contribution in [0.1, 0.15) is 63.5 Å². The number of pyridine rings is 1. The second kappa shape index (κ2) is 9.34. The standard InChI is InChI=1S/C25H36N4O4SSi/c1-25(31)13-6-7-21(25)29-22-18(15-17(23(29)30)12-14-35(3,4)5)16-26-24(28-22)27-19-8-10-20(11-9-19)34(2,32)33/h15-16,19-21,31H,6-11,13H2,1-5H3,(H,26,27,28)/t19?,20?,21-,25-/m1/s1. The largest absolute Gasteiger partial charge is 0.388 e. The molecule has 10 heteroatoms. The fourth-order valence-electron chi connectivity index (χ4n) is 5.18. The maximum absolute atomic E-state index is 13.6. The van der Waals surface area contributed by atoms with Gasteiger partial charge in [0.05, 0.1) is 22.5 Å². The zero-order chi connectivity index (χ0) is 25.6. The molecular weight excluding hydrogens is 480 g/mol. The first kappa shape index (κ1) is 25.9. The fraction of sp³-hybridized carbons (Fsp3) is 0.640. The maximum atomic E-state index is 13.6. The molecule has 0 bridgehead atoms. The lowest BCUT2D eigenvalue weighted by Crippen LogP contribution is -2.38. The van der Waals surface area contributed by atoms with Crippen LogP contribution in [0.2, 0.25) is 19.6 Å². The zero-order valence-corrected chi connectivity index (χ0v) is 23.1. The first-order valence-electron chi connectivity index (χ1n) is 12.4. The van der Waals surface area contributed by atoms with Crippen molar-refractivity contribution in [1.82, 2.24) is 14.5 Å². The third-order valence-corrected chi connectivity index (χ3v) is 9.71. The third kappa shape index (κ3) is 5.79. The topological polar surface area (TPSA) is 114 Å². The molecule has 0 radical (unpaired) electrons. The molecule has 2 aromatic rings. The lowest BCUT2D eigenvalue weighted by Gasteiger charge is -2.29. The molecule has 0 aromatic carbocycles. The number of nitrogens with one attached hydrogen (secondary N) is 1. The molecule has 2 saturated carbocycles. The normalized spacial score (nSPS) is 27.4. The van der Waals surface area contributed by atoms with Gasteiger partial charge >= 0.3 is 0 Å². The Morgan fingerprint density at radius 1 is 1.20 bits per heavy atom. The Morgan fingerprint density at radius 2 is 1.89 bits per heavy atom. The summed E-state index contributed by atoms with van der Waals surface area (Å²) in [5.74, 6) is 3.52. The van der Waals surface area contributed by atoms with Gasteiger partial charge < -0.3 is 10.4 Å². The van der Waals surface area contributed by atoms with Crippen molar-refractivity contribution < 1.29 is 13.5 Å². The summed E-state index contributed by atoms with van der Waals surface area (Å²) in [5, 5.41) is 14.8. The molecule has 190 valence electrons. The van der Waals surface area contributed by atoms with Crippen molar-refractivity contribution in [2.24, 2.45) is 0 Å². The molecule has 0 unspecified atom stereocenters. The van der Waals surface area contributed by atoms with Crippen molar-refractivity contribution in [3.63, 3.8) is 0 Å². The van der Waals surface area contributed by atoms with Crippen molar-refractivity contribution in [3.8, 4) is 11.5 Å². The predicted molar refractivity (Wildman–Crippen MR) is 142 cm³/mol. The summed E-state index contributed by atoms with van der Waals surface area (Å²) in [6.07, 6.45) is 7.80. The van der Waals surface area contributed by atoms with E-state index in [-0.39, 0.29) is 22.9 Å². The van der Waals surface area contributed by atoms with E-state index in [1.807, 2.05) is 0 Å². The van der Waals surface area contributed by atoms with Crippen LogP contribution in [0.25, 0.3) is 11.0 Å². The van der Waals surface area contributed by atoms with Crippen LogP contribution in [-0.2, 0) is 9.84 Å². The van der Waals surface area contributed by atoms with Crippen LogP contribution >= 0.6 is 0 Å². The molecular formula is C25H36N4O4SSi. The molecule has 8 nitrogen and oxygen atoms in total. The average molecular weight is 517 g/mol. The molecule has 0 saturated heterocycles. The first-order chi connectivity index (χ1) is 16.2. The van der Waals surface area contributed by atoms with Gasteiger partial charge in [-0.2, -0.15) is 4.98 Å².